The van der Waals surface area contributed by atoms with Gasteiger partial charge in [0, 0.05) is 6.42 Å². The molecule has 9 heteroatoms. The Bertz CT molecular complexity index is 1090. The van der Waals surface area contributed by atoms with Crippen molar-refractivity contribution >= 4 is 17.7 Å². The lowest BCUT2D eigenvalue weighted by Gasteiger charge is -2.36. The molecule has 0 bridgehead atoms. The summed E-state index contributed by atoms with van der Waals surface area (Å²) in [6.45, 7) is 14.2. The number of hydrogen-bond donors (Lipinski definition) is 4. The molecule has 0 amide bonds. The van der Waals surface area contributed by atoms with Gasteiger partial charge in [-0.05, 0) is 43.8 Å². The van der Waals surface area contributed by atoms with Crippen molar-refractivity contribution in [3.05, 3.63) is 71.4 Å². The van der Waals surface area contributed by atoms with E-state index in [1.54, 1.807) is 19.9 Å². The smallest absolute Gasteiger partial charge is 0.307 e. The van der Waals surface area contributed by atoms with Gasteiger partial charge in [-0.25, -0.2) is 0 Å². The first-order valence-electron chi connectivity index (χ1n) is 13.8. The van der Waals surface area contributed by atoms with E-state index in [4.69, 9.17) is 9.47 Å². The van der Waals surface area contributed by atoms with Crippen molar-refractivity contribution in [3.8, 4) is 0 Å². The lowest BCUT2D eigenvalue weighted by Crippen LogP contribution is -2.46. The highest BCUT2D eigenvalue weighted by Crippen LogP contribution is 2.40. The van der Waals surface area contributed by atoms with Gasteiger partial charge in [0.05, 0.1) is 18.9 Å². The first-order chi connectivity index (χ1) is 19.1. The van der Waals surface area contributed by atoms with E-state index in [2.05, 4.69) is 6.58 Å². The summed E-state index contributed by atoms with van der Waals surface area (Å²) >= 11 is 0. The minimum Gasteiger partial charge on any atom is -0.463 e. The predicted molar refractivity (Wildman–Crippen MR) is 156 cm³/mol. The van der Waals surface area contributed by atoms with E-state index in [0.717, 1.165) is 16.7 Å². The molecular weight excluding hydrogens is 528 g/mol. The zero-order chi connectivity index (χ0) is 31.3. The molecule has 0 spiro atoms. The van der Waals surface area contributed by atoms with Crippen LogP contribution in [0.15, 0.2) is 71.4 Å². The maximum Gasteiger partial charge on any atom is 0.307 e. The van der Waals surface area contributed by atoms with Gasteiger partial charge < -0.3 is 29.9 Å². The number of ketones is 1. The van der Waals surface area contributed by atoms with Crippen LogP contribution in [0.3, 0.4) is 0 Å². The molecule has 1 aliphatic carbocycles. The average molecular weight is 575 g/mol. The molecule has 41 heavy (non-hydrogen) atoms. The molecule has 0 aromatic rings. The molecule has 0 radical (unpaired) electrons. The predicted octanol–water partition coefficient (Wildman–Crippen LogP) is 3.58. The van der Waals surface area contributed by atoms with Crippen molar-refractivity contribution < 1.29 is 44.3 Å². The van der Waals surface area contributed by atoms with Crippen LogP contribution in [0.5, 0.6) is 0 Å². The Labute approximate surface area is 243 Å². The highest BCUT2D eigenvalue weighted by Gasteiger charge is 2.40. The van der Waals surface area contributed by atoms with Crippen LogP contribution in [0.2, 0.25) is 0 Å². The summed E-state index contributed by atoms with van der Waals surface area (Å²) in [4.78, 5) is 37.5. The first kappa shape index (κ1) is 35.9. The third-order valence-corrected chi connectivity index (χ3v) is 6.88. The van der Waals surface area contributed by atoms with Crippen LogP contribution in [0, 0.1) is 5.41 Å². The van der Waals surface area contributed by atoms with E-state index < -0.39 is 54.5 Å². The standard InChI is InChI=1S/C32H46O9/c1-8-11-20(3)12-10-13-21(4)14-15-23-22(5)29(37)26(18-32(23,6)7)41-28(36)17-16-27(35)40-19-25(34)31(39)30(38)24(33)9-2/h8,10-15,24-26,30-31,33-34,38-39H,1,9,16-19H2,2-7H3/b12-10+,15-14+,20-11+,21-13+. The van der Waals surface area contributed by atoms with E-state index in [9.17, 15) is 34.8 Å². The monoisotopic (exact) mass is 574 g/mol. The largest absolute Gasteiger partial charge is 0.463 e. The second-order valence-corrected chi connectivity index (χ2v) is 10.9. The fourth-order valence-electron chi connectivity index (χ4n) is 4.32. The maximum atomic E-state index is 13.0. The second kappa shape index (κ2) is 17.0. The summed E-state index contributed by atoms with van der Waals surface area (Å²) < 4.78 is 10.3. The Morgan fingerprint density at radius 2 is 1.59 bits per heavy atom. The van der Waals surface area contributed by atoms with Gasteiger partial charge >= 0.3 is 11.9 Å². The third-order valence-electron chi connectivity index (χ3n) is 6.88. The van der Waals surface area contributed by atoms with Crippen molar-refractivity contribution in [2.45, 2.75) is 97.7 Å². The molecule has 0 aliphatic heterocycles. The summed E-state index contributed by atoms with van der Waals surface area (Å²) in [5.41, 5.74) is 2.97. The van der Waals surface area contributed by atoms with Crippen LogP contribution in [0.1, 0.15) is 67.2 Å². The number of carbonyl (C=O) groups is 3. The normalized spacial score (nSPS) is 21.1. The van der Waals surface area contributed by atoms with Crippen molar-refractivity contribution in [1.82, 2.24) is 0 Å². The van der Waals surface area contributed by atoms with Crippen LogP contribution in [0.25, 0.3) is 0 Å². The van der Waals surface area contributed by atoms with E-state index in [-0.39, 0.29) is 31.5 Å². The Morgan fingerprint density at radius 3 is 2.20 bits per heavy atom. The number of aliphatic hydroxyl groups excluding tert-OH is 4. The molecule has 1 aliphatic rings. The van der Waals surface area contributed by atoms with Gasteiger partial charge in [0.2, 0.25) is 0 Å². The van der Waals surface area contributed by atoms with E-state index in [0.29, 0.717) is 5.57 Å². The van der Waals surface area contributed by atoms with Crippen molar-refractivity contribution in [2.24, 2.45) is 5.41 Å². The van der Waals surface area contributed by atoms with Crippen LogP contribution < -0.4 is 0 Å². The number of esters is 2. The zero-order valence-corrected chi connectivity index (χ0v) is 25.0. The van der Waals surface area contributed by atoms with Gasteiger partial charge in [0.15, 0.2) is 11.9 Å². The Balaban J connectivity index is 2.72. The fraction of sp³-hybridized carbons (Fsp3) is 0.531. The van der Waals surface area contributed by atoms with Crippen molar-refractivity contribution in [3.63, 3.8) is 0 Å². The van der Waals surface area contributed by atoms with Crippen LogP contribution >= 0.6 is 0 Å². The van der Waals surface area contributed by atoms with Gasteiger partial charge in [0.1, 0.15) is 24.9 Å². The van der Waals surface area contributed by atoms with Gasteiger partial charge in [-0.2, -0.15) is 0 Å². The van der Waals surface area contributed by atoms with Crippen molar-refractivity contribution in [1.29, 1.82) is 0 Å². The summed E-state index contributed by atoms with van der Waals surface area (Å²) in [6, 6.07) is 0. The minimum absolute atomic E-state index is 0.157. The second-order valence-electron chi connectivity index (χ2n) is 10.9. The van der Waals surface area contributed by atoms with Crippen LogP contribution in [-0.2, 0) is 23.9 Å². The highest BCUT2D eigenvalue weighted by molar-refractivity contribution is 6.01. The van der Waals surface area contributed by atoms with E-state index in [1.165, 1.54) is 0 Å². The number of Topliss-reactive ketones (excluding diaryl/α,β-unsaturated/α-hetero) is 1. The molecule has 0 saturated carbocycles. The Morgan fingerprint density at radius 1 is 1.00 bits per heavy atom. The molecule has 4 N–H and O–H groups in total. The average Bonchev–Trinajstić information content (AvgIpc) is 2.91. The first-order valence-corrected chi connectivity index (χ1v) is 13.8. The van der Waals surface area contributed by atoms with Gasteiger partial charge in [-0.1, -0.05) is 81.0 Å². The molecule has 9 nitrogen and oxygen atoms in total. The lowest BCUT2D eigenvalue weighted by molar-refractivity contribution is -0.161. The molecular formula is C32H46O9. The highest BCUT2D eigenvalue weighted by atomic mass is 16.6. The molecule has 0 heterocycles. The van der Waals surface area contributed by atoms with Crippen LogP contribution in [-0.4, -0.2) is 75.3 Å². The van der Waals surface area contributed by atoms with Gasteiger partial charge in [0.25, 0.3) is 0 Å². The minimum atomic E-state index is -1.72. The van der Waals surface area contributed by atoms with E-state index in [1.807, 2.05) is 64.2 Å². The molecule has 228 valence electrons. The lowest BCUT2D eigenvalue weighted by atomic mass is 9.71. The molecule has 0 saturated heterocycles. The Kier molecular flexibility index (Phi) is 14.9. The molecule has 0 aromatic carbocycles. The number of carbonyl (C=O) groups excluding carboxylic acids is 3. The maximum absolute atomic E-state index is 13.0. The molecule has 0 aromatic heterocycles. The van der Waals surface area contributed by atoms with Gasteiger partial charge in [-0.15, -0.1) is 0 Å². The van der Waals surface area contributed by atoms with Gasteiger partial charge in [-0.3, -0.25) is 14.4 Å². The quantitative estimate of drug-likeness (QED) is 0.170. The molecule has 5 atom stereocenters. The summed E-state index contributed by atoms with van der Waals surface area (Å²) in [6.07, 6.45) is 5.92. The molecule has 1 rings (SSSR count). The van der Waals surface area contributed by atoms with Crippen molar-refractivity contribution in [2.75, 3.05) is 6.61 Å². The van der Waals surface area contributed by atoms with E-state index >= 15 is 0 Å². The number of rotatable bonds is 15. The summed E-state index contributed by atoms with van der Waals surface area (Å²) in [5.74, 6) is -1.87. The molecule has 5 unspecified atom stereocenters. The SMILES string of the molecule is C=C/C=C(C)/C=C/C=C(C)/C=C/C1=C(C)C(=O)C(OC(=O)CCC(=O)OCC(O)C(O)C(O)C(O)CC)CC1(C)C. The molecule has 0 fully saturated rings. The third kappa shape index (κ3) is 11.7. The fourth-order valence-corrected chi connectivity index (χ4v) is 4.32. The number of ether oxygens (including phenoxy) is 2. The van der Waals surface area contributed by atoms with Crippen LogP contribution in [0.4, 0.5) is 0 Å². The topological polar surface area (TPSA) is 151 Å². The number of hydrogen-bond acceptors (Lipinski definition) is 9. The summed E-state index contributed by atoms with van der Waals surface area (Å²) in [5, 5.41) is 39.1. The summed E-state index contributed by atoms with van der Waals surface area (Å²) in [7, 11) is 0. The number of aliphatic hydroxyl groups is 4. The number of allylic oxidation sites excluding steroid dienone is 10. The Hall–Kier alpha value is -3.11. The zero-order valence-electron chi connectivity index (χ0n) is 25.0.